The lowest BCUT2D eigenvalue weighted by molar-refractivity contribution is 0.557. The summed E-state index contributed by atoms with van der Waals surface area (Å²) >= 11 is 1.37. The Balaban J connectivity index is 1.94. The van der Waals surface area contributed by atoms with Crippen LogP contribution in [-0.2, 0) is 0 Å². The number of rotatable bonds is 3. The predicted octanol–water partition coefficient (Wildman–Crippen LogP) is 4.61. The van der Waals surface area contributed by atoms with E-state index in [0.717, 1.165) is 11.3 Å². The molecule has 0 N–H and O–H groups in total. The van der Waals surface area contributed by atoms with Crippen molar-refractivity contribution >= 4 is 23.0 Å². The number of thiazole rings is 1. The van der Waals surface area contributed by atoms with Gasteiger partial charge in [0.2, 0.25) is 0 Å². The molecule has 0 aliphatic rings. The quantitative estimate of drug-likeness (QED) is 0.663. The van der Waals surface area contributed by atoms with Gasteiger partial charge < -0.3 is 4.42 Å². The molecule has 102 valence electrons. The first-order valence-electron chi connectivity index (χ1n) is 6.13. The Labute approximate surface area is 124 Å². The molecule has 3 rings (SSSR count). The molecular weight excluding hydrogens is 287 g/mol. The van der Waals surface area contributed by atoms with E-state index in [1.54, 1.807) is 36.6 Å². The van der Waals surface area contributed by atoms with Crippen LogP contribution in [0.3, 0.4) is 0 Å². The minimum atomic E-state index is -0.287. The molecule has 0 unspecified atom stereocenters. The van der Waals surface area contributed by atoms with Gasteiger partial charge in [-0.2, -0.15) is 5.26 Å². The third-order valence-corrected chi connectivity index (χ3v) is 3.70. The fourth-order valence-corrected chi connectivity index (χ4v) is 2.60. The minimum absolute atomic E-state index is 0.287. The van der Waals surface area contributed by atoms with Gasteiger partial charge in [-0.15, -0.1) is 11.3 Å². The van der Waals surface area contributed by atoms with Crippen LogP contribution in [0.4, 0.5) is 4.39 Å². The van der Waals surface area contributed by atoms with Gasteiger partial charge in [-0.05, 0) is 36.4 Å². The van der Waals surface area contributed by atoms with Crippen LogP contribution in [-0.4, -0.2) is 4.98 Å². The standard InChI is InChI=1S/C16H9FN2OS/c17-13-5-3-11(4-6-13)15-10-21-16(19-15)12(9-18)8-14-2-1-7-20-14/h1-8,10H/b12-8-. The second kappa shape index (κ2) is 5.73. The molecule has 0 aliphatic carbocycles. The second-order valence-corrected chi connectivity index (χ2v) is 5.09. The van der Waals surface area contributed by atoms with E-state index in [0.29, 0.717) is 16.3 Å². The van der Waals surface area contributed by atoms with Crippen molar-refractivity contribution in [2.24, 2.45) is 0 Å². The molecule has 0 atom stereocenters. The summed E-state index contributed by atoms with van der Waals surface area (Å²) in [6, 6.07) is 11.7. The number of halogens is 1. The SMILES string of the molecule is N#C/C(=C/c1ccco1)c1nc(-c2ccc(F)cc2)cs1. The van der Waals surface area contributed by atoms with Crippen LogP contribution < -0.4 is 0 Å². The second-order valence-electron chi connectivity index (χ2n) is 4.23. The Hall–Kier alpha value is -2.71. The zero-order valence-corrected chi connectivity index (χ0v) is 11.6. The third-order valence-electron chi connectivity index (χ3n) is 2.82. The molecule has 3 nitrogen and oxygen atoms in total. The highest BCUT2D eigenvalue weighted by atomic mass is 32.1. The number of nitrogens with zero attached hydrogens (tertiary/aromatic N) is 2. The topological polar surface area (TPSA) is 49.8 Å². The Morgan fingerprint density at radius 3 is 2.76 bits per heavy atom. The van der Waals surface area contributed by atoms with E-state index in [2.05, 4.69) is 11.1 Å². The maximum absolute atomic E-state index is 12.9. The van der Waals surface area contributed by atoms with Crippen LogP contribution in [0.25, 0.3) is 22.9 Å². The number of nitriles is 1. The zero-order valence-electron chi connectivity index (χ0n) is 10.8. The first kappa shape index (κ1) is 13.3. The Bertz CT molecular complexity index is 811. The fraction of sp³-hybridized carbons (Fsp3) is 0. The molecule has 0 fully saturated rings. The molecule has 2 aromatic heterocycles. The van der Waals surface area contributed by atoms with Crippen molar-refractivity contribution in [1.29, 1.82) is 5.26 Å². The molecule has 0 saturated heterocycles. The highest BCUT2D eigenvalue weighted by Gasteiger charge is 2.09. The molecule has 3 aromatic rings. The van der Waals surface area contributed by atoms with Crippen LogP contribution in [0.15, 0.2) is 52.5 Å². The van der Waals surface area contributed by atoms with Crippen LogP contribution in [0.2, 0.25) is 0 Å². The summed E-state index contributed by atoms with van der Waals surface area (Å²) in [6.07, 6.45) is 3.19. The van der Waals surface area contributed by atoms with Crippen molar-refractivity contribution in [2.75, 3.05) is 0 Å². The summed E-state index contributed by atoms with van der Waals surface area (Å²) < 4.78 is 18.1. The molecule has 0 saturated carbocycles. The summed E-state index contributed by atoms with van der Waals surface area (Å²) in [5.74, 6) is 0.315. The van der Waals surface area contributed by atoms with Gasteiger partial charge >= 0.3 is 0 Å². The lowest BCUT2D eigenvalue weighted by Crippen LogP contribution is -1.82. The van der Waals surface area contributed by atoms with E-state index in [1.807, 2.05) is 5.38 Å². The summed E-state index contributed by atoms with van der Waals surface area (Å²) in [7, 11) is 0. The number of hydrogen-bond acceptors (Lipinski definition) is 4. The molecule has 5 heteroatoms. The normalized spacial score (nSPS) is 11.3. The summed E-state index contributed by atoms with van der Waals surface area (Å²) in [4.78, 5) is 4.43. The maximum Gasteiger partial charge on any atom is 0.134 e. The number of benzene rings is 1. The minimum Gasteiger partial charge on any atom is -0.465 e. The largest absolute Gasteiger partial charge is 0.465 e. The van der Waals surface area contributed by atoms with Crippen LogP contribution in [0.5, 0.6) is 0 Å². The number of hydrogen-bond donors (Lipinski definition) is 0. The van der Waals surface area contributed by atoms with Crippen molar-refractivity contribution in [3.05, 3.63) is 64.6 Å². The number of aromatic nitrogens is 1. The van der Waals surface area contributed by atoms with Gasteiger partial charge in [0.05, 0.1) is 17.5 Å². The smallest absolute Gasteiger partial charge is 0.134 e. The summed E-state index contributed by atoms with van der Waals surface area (Å²) in [5.41, 5.74) is 1.97. The molecule has 1 aromatic carbocycles. The molecule has 0 amide bonds. The monoisotopic (exact) mass is 296 g/mol. The van der Waals surface area contributed by atoms with Crippen LogP contribution >= 0.6 is 11.3 Å². The van der Waals surface area contributed by atoms with E-state index in [4.69, 9.17) is 4.42 Å². The van der Waals surface area contributed by atoms with Gasteiger partial charge in [-0.25, -0.2) is 9.37 Å². The summed E-state index contributed by atoms with van der Waals surface area (Å²) in [5, 5.41) is 11.7. The van der Waals surface area contributed by atoms with Gasteiger partial charge in [-0.3, -0.25) is 0 Å². The van der Waals surface area contributed by atoms with Gasteiger partial charge in [0.15, 0.2) is 0 Å². The first-order chi connectivity index (χ1) is 10.3. The van der Waals surface area contributed by atoms with E-state index in [-0.39, 0.29) is 5.82 Å². The molecular formula is C16H9FN2OS. The highest BCUT2D eigenvalue weighted by Crippen LogP contribution is 2.27. The van der Waals surface area contributed by atoms with Gasteiger partial charge in [-0.1, -0.05) is 0 Å². The molecule has 21 heavy (non-hydrogen) atoms. The van der Waals surface area contributed by atoms with E-state index >= 15 is 0 Å². The highest BCUT2D eigenvalue weighted by molar-refractivity contribution is 7.11. The fourth-order valence-electron chi connectivity index (χ4n) is 1.81. The molecule has 0 radical (unpaired) electrons. The predicted molar refractivity (Wildman–Crippen MR) is 79.7 cm³/mol. The first-order valence-corrected chi connectivity index (χ1v) is 7.01. The Morgan fingerprint density at radius 1 is 1.29 bits per heavy atom. The Kier molecular flexibility index (Phi) is 3.63. The lowest BCUT2D eigenvalue weighted by Gasteiger charge is -1.95. The van der Waals surface area contributed by atoms with Crippen LogP contribution in [0.1, 0.15) is 10.8 Å². The molecule has 2 heterocycles. The number of allylic oxidation sites excluding steroid dienone is 1. The Morgan fingerprint density at radius 2 is 2.10 bits per heavy atom. The van der Waals surface area contributed by atoms with Gasteiger partial charge in [0.1, 0.15) is 22.7 Å². The van der Waals surface area contributed by atoms with Crippen molar-refractivity contribution in [1.82, 2.24) is 4.98 Å². The average Bonchev–Trinajstić information content (AvgIpc) is 3.17. The van der Waals surface area contributed by atoms with Crippen molar-refractivity contribution in [3.63, 3.8) is 0 Å². The van der Waals surface area contributed by atoms with E-state index < -0.39 is 0 Å². The maximum atomic E-state index is 12.9. The van der Waals surface area contributed by atoms with Crippen molar-refractivity contribution in [3.8, 4) is 17.3 Å². The van der Waals surface area contributed by atoms with E-state index in [9.17, 15) is 9.65 Å². The van der Waals surface area contributed by atoms with Crippen LogP contribution in [0, 0.1) is 17.1 Å². The lowest BCUT2D eigenvalue weighted by atomic mass is 10.2. The third kappa shape index (κ3) is 2.91. The van der Waals surface area contributed by atoms with E-state index in [1.165, 1.54) is 23.5 Å². The average molecular weight is 296 g/mol. The zero-order chi connectivity index (χ0) is 14.7. The van der Waals surface area contributed by atoms with Gasteiger partial charge in [0, 0.05) is 17.0 Å². The van der Waals surface area contributed by atoms with Crippen molar-refractivity contribution < 1.29 is 8.81 Å². The molecule has 0 bridgehead atoms. The number of furan rings is 1. The summed E-state index contributed by atoms with van der Waals surface area (Å²) in [6.45, 7) is 0. The molecule has 0 spiro atoms. The van der Waals surface area contributed by atoms with Gasteiger partial charge in [0.25, 0.3) is 0 Å². The van der Waals surface area contributed by atoms with Crippen molar-refractivity contribution in [2.45, 2.75) is 0 Å². The molecule has 0 aliphatic heterocycles.